The number of amides is 1. The first-order valence-corrected chi connectivity index (χ1v) is 15.6. The van der Waals surface area contributed by atoms with Gasteiger partial charge in [-0.25, -0.2) is 13.6 Å². The molecule has 1 saturated heterocycles. The molecule has 5 nitrogen and oxygen atoms in total. The van der Waals surface area contributed by atoms with Gasteiger partial charge in [0.2, 0.25) is 0 Å². The Labute approximate surface area is 257 Å². The number of hydrogen-bond donors (Lipinski definition) is 1. The zero-order chi connectivity index (χ0) is 31.1. The molecular weight excluding hydrogens is 560 g/mol. The molecular formula is C37H39F2NO4. The molecule has 3 aromatic carbocycles. The first-order valence-electron chi connectivity index (χ1n) is 15.6. The van der Waals surface area contributed by atoms with Crippen LogP contribution in [-0.4, -0.2) is 40.1 Å². The second-order valence-electron chi connectivity index (χ2n) is 13.1. The molecule has 1 N–H and O–H groups in total. The molecule has 0 unspecified atom stereocenters. The molecule has 1 amide bonds. The molecule has 230 valence electrons. The summed E-state index contributed by atoms with van der Waals surface area (Å²) < 4.78 is 34.4. The van der Waals surface area contributed by atoms with Crippen molar-refractivity contribution in [3.8, 4) is 0 Å². The first-order chi connectivity index (χ1) is 21.1. The number of rotatable bonds is 4. The molecule has 3 aliphatic carbocycles. The quantitative estimate of drug-likeness (QED) is 0.245. The molecule has 44 heavy (non-hydrogen) atoms. The summed E-state index contributed by atoms with van der Waals surface area (Å²) >= 11 is 0. The number of fused-ring (bicyclic) bond motifs is 8. The highest BCUT2D eigenvalue weighted by atomic mass is 19.2. The van der Waals surface area contributed by atoms with Gasteiger partial charge >= 0.3 is 6.09 Å². The highest BCUT2D eigenvalue weighted by Gasteiger charge is 2.63. The first kappa shape index (κ1) is 30.2. The van der Waals surface area contributed by atoms with Crippen LogP contribution in [0.1, 0.15) is 90.9 Å². The Morgan fingerprint density at radius 1 is 1.02 bits per heavy atom. The van der Waals surface area contributed by atoms with Crippen LogP contribution >= 0.6 is 0 Å². The van der Waals surface area contributed by atoms with E-state index in [4.69, 9.17) is 4.74 Å². The maximum absolute atomic E-state index is 14.3. The average molecular weight is 600 g/mol. The van der Waals surface area contributed by atoms with Gasteiger partial charge in [-0.3, -0.25) is 9.69 Å². The van der Waals surface area contributed by atoms with Crippen molar-refractivity contribution in [1.29, 1.82) is 0 Å². The van der Waals surface area contributed by atoms with Gasteiger partial charge in [-0.15, -0.1) is 0 Å². The molecule has 7 heteroatoms. The van der Waals surface area contributed by atoms with Gasteiger partial charge in [-0.05, 0) is 98.7 Å². The van der Waals surface area contributed by atoms with Gasteiger partial charge in [0.25, 0.3) is 0 Å². The standard InChI is InChI=1S/C37H39F2NO4/c1-24-7-6-17-36(2)31(16-18-37(36)23-40(35(43)44-37)22-25-8-4-3-5-9-25)29-14-11-26(19-28(41)13-10-24)20-30(29)34(42)27-12-15-32(38)33(39)21-27/h3-5,7-9,11-12,14-15,20-21,28,31,41H,6,10,13,16-19,22-23H2,1-2H3/t28-,31-,36-,37+/m0/s1. The lowest BCUT2D eigenvalue weighted by Crippen LogP contribution is -2.48. The van der Waals surface area contributed by atoms with E-state index in [-0.39, 0.29) is 17.6 Å². The molecule has 0 aromatic heterocycles. The van der Waals surface area contributed by atoms with Crippen LogP contribution in [0.15, 0.2) is 78.4 Å². The maximum Gasteiger partial charge on any atom is 0.410 e. The van der Waals surface area contributed by atoms with Gasteiger partial charge in [-0.2, -0.15) is 0 Å². The van der Waals surface area contributed by atoms with Crippen LogP contribution < -0.4 is 0 Å². The fourth-order valence-electron chi connectivity index (χ4n) is 7.70. The van der Waals surface area contributed by atoms with Gasteiger partial charge in [0.15, 0.2) is 17.4 Å². The molecule has 2 fully saturated rings. The van der Waals surface area contributed by atoms with E-state index in [0.29, 0.717) is 44.3 Å². The fourth-order valence-corrected chi connectivity index (χ4v) is 7.70. The van der Waals surface area contributed by atoms with E-state index in [1.807, 2.05) is 48.5 Å². The van der Waals surface area contributed by atoms with E-state index >= 15 is 0 Å². The smallest absolute Gasteiger partial charge is 0.410 e. The third-order valence-corrected chi connectivity index (χ3v) is 10.3. The Morgan fingerprint density at radius 2 is 1.82 bits per heavy atom. The largest absolute Gasteiger partial charge is 0.440 e. The number of carbonyl (C=O) groups excluding carboxylic acids is 2. The Kier molecular flexibility index (Phi) is 8.18. The van der Waals surface area contributed by atoms with Crippen LogP contribution in [-0.2, 0) is 17.7 Å². The van der Waals surface area contributed by atoms with Crippen LogP contribution in [0, 0.1) is 17.0 Å². The Bertz CT molecular complexity index is 1600. The van der Waals surface area contributed by atoms with Crippen LogP contribution in [0.4, 0.5) is 13.6 Å². The number of ether oxygens (including phenoxy) is 1. The lowest BCUT2D eigenvalue weighted by atomic mass is 9.64. The molecule has 3 aromatic rings. The number of aliphatic hydroxyl groups excluding tert-OH is 1. The van der Waals surface area contributed by atoms with E-state index in [9.17, 15) is 23.5 Å². The van der Waals surface area contributed by atoms with Crippen molar-refractivity contribution in [2.45, 2.75) is 83.0 Å². The average Bonchev–Trinajstić information content (AvgIpc) is 3.47. The molecule has 2 bridgehead atoms. The highest BCUT2D eigenvalue weighted by Crippen LogP contribution is 2.61. The van der Waals surface area contributed by atoms with E-state index in [2.05, 4.69) is 19.9 Å². The van der Waals surface area contributed by atoms with Crippen molar-refractivity contribution in [2.75, 3.05) is 6.54 Å². The normalized spacial score (nSPS) is 27.2. The van der Waals surface area contributed by atoms with Crippen molar-refractivity contribution < 1.29 is 28.2 Å². The molecule has 1 aliphatic heterocycles. The lowest BCUT2D eigenvalue weighted by molar-refractivity contribution is -0.0373. The highest BCUT2D eigenvalue weighted by molar-refractivity contribution is 6.10. The monoisotopic (exact) mass is 599 g/mol. The summed E-state index contributed by atoms with van der Waals surface area (Å²) in [6.45, 7) is 5.18. The number of carbonyl (C=O) groups is 2. The summed E-state index contributed by atoms with van der Waals surface area (Å²) in [6.07, 6.45) is 5.87. The minimum absolute atomic E-state index is 0.0678. The summed E-state index contributed by atoms with van der Waals surface area (Å²) in [5.41, 5.74) is 3.09. The minimum atomic E-state index is -1.07. The van der Waals surface area contributed by atoms with Gasteiger partial charge in [0.05, 0.1) is 12.6 Å². The third-order valence-electron chi connectivity index (χ3n) is 10.3. The lowest BCUT2D eigenvalue weighted by Gasteiger charge is -2.43. The molecule has 1 heterocycles. The van der Waals surface area contributed by atoms with Gasteiger partial charge in [0.1, 0.15) is 5.60 Å². The Balaban J connectivity index is 1.43. The van der Waals surface area contributed by atoms with E-state index in [1.165, 1.54) is 11.6 Å². The van der Waals surface area contributed by atoms with E-state index in [0.717, 1.165) is 48.1 Å². The van der Waals surface area contributed by atoms with E-state index in [1.54, 1.807) is 4.90 Å². The summed E-state index contributed by atoms with van der Waals surface area (Å²) in [7, 11) is 0. The number of allylic oxidation sites excluding steroid dienone is 2. The van der Waals surface area contributed by atoms with Crippen molar-refractivity contribution in [2.24, 2.45) is 5.41 Å². The van der Waals surface area contributed by atoms with Crippen LogP contribution in [0.3, 0.4) is 0 Å². The second-order valence-corrected chi connectivity index (χ2v) is 13.1. The zero-order valence-corrected chi connectivity index (χ0v) is 25.3. The van der Waals surface area contributed by atoms with E-state index < -0.39 is 34.5 Å². The van der Waals surface area contributed by atoms with Crippen molar-refractivity contribution in [3.05, 3.63) is 118 Å². The molecule has 4 atom stereocenters. The minimum Gasteiger partial charge on any atom is -0.440 e. The molecule has 4 aliphatic rings. The molecule has 7 rings (SSSR count). The third kappa shape index (κ3) is 5.58. The Hall–Kier alpha value is -3.84. The van der Waals surface area contributed by atoms with Crippen molar-refractivity contribution in [3.63, 3.8) is 0 Å². The zero-order valence-electron chi connectivity index (χ0n) is 25.3. The van der Waals surface area contributed by atoms with Gasteiger partial charge in [0, 0.05) is 23.1 Å². The number of hydrogen-bond acceptors (Lipinski definition) is 4. The fraction of sp³-hybridized carbons (Fsp3) is 0.405. The SMILES string of the molecule is CC1=CCC[C@@]2(C)[C@@H](CC[C@@]23CN(Cc2ccccc2)C(=O)O3)c2ccc(cc2C(=O)c2ccc(F)c(F)c2)C[C@@H](O)CC1. The predicted molar refractivity (Wildman–Crippen MR) is 164 cm³/mol. The van der Waals surface area contributed by atoms with Crippen LogP contribution in [0.2, 0.25) is 0 Å². The number of halogens is 2. The second kappa shape index (κ2) is 11.9. The molecule has 1 spiro atoms. The molecule has 0 radical (unpaired) electrons. The predicted octanol–water partition coefficient (Wildman–Crippen LogP) is 7.89. The van der Waals surface area contributed by atoms with Crippen LogP contribution in [0.25, 0.3) is 0 Å². The number of nitrogens with zero attached hydrogens (tertiary/aromatic N) is 1. The maximum atomic E-state index is 14.3. The van der Waals surface area contributed by atoms with Crippen molar-refractivity contribution in [1.82, 2.24) is 4.90 Å². The summed E-state index contributed by atoms with van der Waals surface area (Å²) in [5.74, 6) is -2.61. The summed E-state index contributed by atoms with van der Waals surface area (Å²) in [4.78, 5) is 29.2. The Morgan fingerprint density at radius 3 is 2.59 bits per heavy atom. The number of ketones is 1. The summed E-state index contributed by atoms with van der Waals surface area (Å²) in [6, 6.07) is 18.8. The van der Waals surface area contributed by atoms with Crippen molar-refractivity contribution >= 4 is 11.9 Å². The topological polar surface area (TPSA) is 66.8 Å². The van der Waals surface area contributed by atoms with Gasteiger partial charge in [-0.1, -0.05) is 61.0 Å². The molecule has 1 saturated carbocycles. The summed E-state index contributed by atoms with van der Waals surface area (Å²) in [5, 5.41) is 10.8. The number of aliphatic hydroxyl groups is 1. The van der Waals surface area contributed by atoms with Gasteiger partial charge < -0.3 is 9.84 Å². The number of benzene rings is 3. The van der Waals surface area contributed by atoms with Crippen LogP contribution in [0.5, 0.6) is 0 Å².